The molecule has 1 amide bonds. The van der Waals surface area contributed by atoms with Crippen LogP contribution >= 0.6 is 11.6 Å². The van der Waals surface area contributed by atoms with Gasteiger partial charge in [0.05, 0.1) is 6.61 Å². The molecule has 0 aliphatic carbocycles. The summed E-state index contributed by atoms with van der Waals surface area (Å²) < 4.78 is 4.85. The molecule has 0 atom stereocenters. The molecule has 1 aromatic heterocycles. The largest absolute Gasteiger partial charge is 0.461 e. The molecule has 0 saturated heterocycles. The zero-order valence-corrected chi connectivity index (χ0v) is 14.2. The van der Waals surface area contributed by atoms with Crippen molar-refractivity contribution in [3.63, 3.8) is 0 Å². The van der Waals surface area contributed by atoms with E-state index in [-0.39, 0.29) is 18.2 Å². The van der Waals surface area contributed by atoms with Gasteiger partial charge in [-0.3, -0.25) is 4.79 Å². The van der Waals surface area contributed by atoms with Crippen molar-refractivity contribution in [2.75, 3.05) is 6.61 Å². The fourth-order valence-electron chi connectivity index (χ4n) is 1.74. The van der Waals surface area contributed by atoms with E-state index in [2.05, 4.69) is 10.3 Å². The first-order valence-corrected chi connectivity index (χ1v) is 7.86. The Hall–Kier alpha value is -2.27. The number of nitrogens with one attached hydrogen (secondary N) is 2. The van der Waals surface area contributed by atoms with Gasteiger partial charge in [-0.15, -0.1) is 0 Å². The van der Waals surface area contributed by atoms with Crippen LogP contribution in [0.5, 0.6) is 0 Å². The minimum absolute atomic E-state index is 0.258. The van der Waals surface area contributed by atoms with Crippen molar-refractivity contribution in [2.45, 2.75) is 27.3 Å². The van der Waals surface area contributed by atoms with E-state index in [9.17, 15) is 9.59 Å². The van der Waals surface area contributed by atoms with Gasteiger partial charge in [-0.05, 0) is 36.8 Å². The molecule has 0 aliphatic heterocycles. The second-order valence-electron chi connectivity index (χ2n) is 4.32. The highest BCUT2D eigenvalue weighted by Crippen LogP contribution is 2.09. The van der Waals surface area contributed by atoms with Crippen LogP contribution in [0.1, 0.15) is 47.3 Å². The summed E-state index contributed by atoms with van der Waals surface area (Å²) in [4.78, 5) is 26.2. The molecule has 0 unspecified atom stereocenters. The van der Waals surface area contributed by atoms with Crippen molar-refractivity contribution in [1.29, 1.82) is 0 Å². The van der Waals surface area contributed by atoms with Gasteiger partial charge < -0.3 is 15.0 Å². The lowest BCUT2D eigenvalue weighted by molar-refractivity contribution is 0.0520. The van der Waals surface area contributed by atoms with Crippen molar-refractivity contribution in [3.05, 3.63) is 58.4 Å². The Balaban J connectivity index is 0.00000127. The molecule has 124 valence electrons. The molecule has 0 bridgehead atoms. The zero-order valence-electron chi connectivity index (χ0n) is 13.5. The summed E-state index contributed by atoms with van der Waals surface area (Å²) in [5.74, 6) is -0.769. The van der Waals surface area contributed by atoms with Gasteiger partial charge in [0.1, 0.15) is 11.4 Å². The van der Waals surface area contributed by atoms with E-state index in [1.54, 1.807) is 25.1 Å². The lowest BCUT2D eigenvalue weighted by Gasteiger charge is -2.04. The van der Waals surface area contributed by atoms with E-state index in [1.165, 1.54) is 6.07 Å². The monoisotopic (exact) mass is 336 g/mol. The molecular weight excluding hydrogens is 316 g/mol. The van der Waals surface area contributed by atoms with Gasteiger partial charge >= 0.3 is 5.97 Å². The number of carbonyl (C=O) groups excluding carboxylic acids is 2. The van der Waals surface area contributed by atoms with Crippen LogP contribution in [-0.4, -0.2) is 23.5 Å². The van der Waals surface area contributed by atoms with Crippen molar-refractivity contribution < 1.29 is 14.3 Å². The number of benzene rings is 1. The van der Waals surface area contributed by atoms with Crippen LogP contribution in [-0.2, 0) is 11.3 Å². The maximum Gasteiger partial charge on any atom is 0.354 e. The van der Waals surface area contributed by atoms with E-state index < -0.39 is 5.97 Å². The Bertz CT molecular complexity index is 636. The number of halogens is 1. The van der Waals surface area contributed by atoms with Crippen molar-refractivity contribution >= 4 is 23.5 Å². The lowest BCUT2D eigenvalue weighted by Crippen LogP contribution is -2.23. The third-order valence-corrected chi connectivity index (χ3v) is 3.04. The Morgan fingerprint density at radius 2 is 1.70 bits per heavy atom. The maximum absolute atomic E-state index is 12.0. The standard InChI is InChI=1S/C15H15ClN2O3.C2H6/c1-2-21-15(20)13-8-7-12(18-13)14(19)17-9-10-3-5-11(16)6-4-10;1-2/h3-8,18H,2,9H2,1H3,(H,17,19);1-2H3. The van der Waals surface area contributed by atoms with Gasteiger partial charge in [0.15, 0.2) is 0 Å². The number of H-pyrrole nitrogens is 1. The van der Waals surface area contributed by atoms with Gasteiger partial charge in [0.25, 0.3) is 5.91 Å². The molecular formula is C17H21ClN2O3. The third kappa shape index (κ3) is 5.79. The molecule has 0 spiro atoms. The Kier molecular flexibility index (Phi) is 7.91. The molecule has 23 heavy (non-hydrogen) atoms. The molecule has 2 aromatic rings. The average Bonchev–Trinajstić information content (AvgIpc) is 3.06. The van der Waals surface area contributed by atoms with Crippen LogP contribution in [0.3, 0.4) is 0 Å². The second-order valence-corrected chi connectivity index (χ2v) is 4.75. The summed E-state index contributed by atoms with van der Waals surface area (Å²) in [6.45, 7) is 6.39. The Morgan fingerprint density at radius 1 is 1.09 bits per heavy atom. The number of ether oxygens (including phenoxy) is 1. The molecule has 5 nitrogen and oxygen atoms in total. The fraction of sp³-hybridized carbons (Fsp3) is 0.294. The van der Waals surface area contributed by atoms with Crippen LogP contribution in [0.25, 0.3) is 0 Å². The number of rotatable bonds is 5. The second kappa shape index (κ2) is 9.69. The molecule has 2 rings (SSSR count). The van der Waals surface area contributed by atoms with E-state index >= 15 is 0 Å². The number of hydrogen-bond donors (Lipinski definition) is 2. The van der Waals surface area contributed by atoms with Gasteiger partial charge in [0, 0.05) is 11.6 Å². The lowest BCUT2D eigenvalue weighted by atomic mass is 10.2. The first-order valence-electron chi connectivity index (χ1n) is 7.49. The smallest absolute Gasteiger partial charge is 0.354 e. The topological polar surface area (TPSA) is 71.2 Å². The molecule has 1 aromatic carbocycles. The number of amides is 1. The van der Waals surface area contributed by atoms with E-state index in [4.69, 9.17) is 16.3 Å². The van der Waals surface area contributed by atoms with E-state index in [0.717, 1.165) is 5.56 Å². The summed E-state index contributed by atoms with van der Waals surface area (Å²) in [7, 11) is 0. The summed E-state index contributed by atoms with van der Waals surface area (Å²) >= 11 is 5.79. The molecule has 0 saturated carbocycles. The number of esters is 1. The Morgan fingerprint density at radius 3 is 2.30 bits per heavy atom. The molecule has 6 heteroatoms. The predicted octanol–water partition coefficient (Wildman–Crippen LogP) is 3.80. The molecule has 2 N–H and O–H groups in total. The molecule has 0 radical (unpaired) electrons. The zero-order chi connectivity index (χ0) is 17.2. The first kappa shape index (κ1) is 18.8. The van der Waals surface area contributed by atoms with Gasteiger partial charge in [-0.2, -0.15) is 0 Å². The molecule has 0 aliphatic rings. The van der Waals surface area contributed by atoms with E-state index in [0.29, 0.717) is 17.3 Å². The quantitative estimate of drug-likeness (QED) is 0.816. The summed E-state index contributed by atoms with van der Waals surface area (Å²) in [5, 5.41) is 3.40. The maximum atomic E-state index is 12.0. The fourth-order valence-corrected chi connectivity index (χ4v) is 1.86. The van der Waals surface area contributed by atoms with Crippen LogP contribution in [0, 0.1) is 0 Å². The SMILES string of the molecule is CC.CCOC(=O)c1ccc(C(=O)NCc2ccc(Cl)cc2)[nH]1. The summed E-state index contributed by atoms with van der Waals surface area (Å²) in [6.07, 6.45) is 0. The minimum Gasteiger partial charge on any atom is -0.461 e. The summed E-state index contributed by atoms with van der Waals surface area (Å²) in [6, 6.07) is 10.3. The van der Waals surface area contributed by atoms with Gasteiger partial charge in [0.2, 0.25) is 0 Å². The predicted molar refractivity (Wildman–Crippen MR) is 90.7 cm³/mol. The van der Waals surface area contributed by atoms with Crippen LogP contribution in [0.2, 0.25) is 5.02 Å². The Labute approximate surface area is 141 Å². The highest BCUT2D eigenvalue weighted by Gasteiger charge is 2.13. The number of carbonyl (C=O) groups is 2. The van der Waals surface area contributed by atoms with Gasteiger partial charge in [-0.1, -0.05) is 37.6 Å². The van der Waals surface area contributed by atoms with Crippen LogP contribution < -0.4 is 5.32 Å². The summed E-state index contributed by atoms with van der Waals surface area (Å²) in [5.41, 5.74) is 1.51. The van der Waals surface area contributed by atoms with Crippen molar-refractivity contribution in [3.8, 4) is 0 Å². The first-order chi connectivity index (χ1) is 11.1. The third-order valence-electron chi connectivity index (χ3n) is 2.79. The van der Waals surface area contributed by atoms with Crippen molar-refractivity contribution in [1.82, 2.24) is 10.3 Å². The normalized spacial score (nSPS) is 9.57. The average molecular weight is 337 g/mol. The van der Waals surface area contributed by atoms with Gasteiger partial charge in [-0.25, -0.2) is 4.79 Å². The molecule has 1 heterocycles. The highest BCUT2D eigenvalue weighted by atomic mass is 35.5. The van der Waals surface area contributed by atoms with E-state index in [1.807, 2.05) is 26.0 Å². The van der Waals surface area contributed by atoms with Crippen LogP contribution in [0.15, 0.2) is 36.4 Å². The number of hydrogen-bond acceptors (Lipinski definition) is 3. The minimum atomic E-state index is -0.478. The van der Waals surface area contributed by atoms with Crippen LogP contribution in [0.4, 0.5) is 0 Å². The number of aromatic amines is 1. The number of aromatic nitrogens is 1. The van der Waals surface area contributed by atoms with Crippen molar-refractivity contribution in [2.24, 2.45) is 0 Å². The highest BCUT2D eigenvalue weighted by molar-refractivity contribution is 6.30. The molecule has 0 fully saturated rings.